The molecule has 2 aromatic rings. The van der Waals surface area contributed by atoms with Gasteiger partial charge in [-0.15, -0.1) is 0 Å². The van der Waals surface area contributed by atoms with Gasteiger partial charge in [-0.3, -0.25) is 14.4 Å². The number of benzene rings is 2. The van der Waals surface area contributed by atoms with E-state index in [1.54, 1.807) is 41.2 Å². The number of ether oxygens (including phenoxy) is 1. The first-order valence-electron chi connectivity index (χ1n) is 11.0. The predicted octanol–water partition coefficient (Wildman–Crippen LogP) is 2.98. The van der Waals surface area contributed by atoms with Gasteiger partial charge in [-0.05, 0) is 49.6 Å². The molecule has 7 heteroatoms. The van der Waals surface area contributed by atoms with Gasteiger partial charge in [0.25, 0.3) is 0 Å². The lowest BCUT2D eigenvalue weighted by molar-refractivity contribution is -0.140. The fourth-order valence-corrected chi connectivity index (χ4v) is 4.44. The minimum Gasteiger partial charge on any atom is -0.497 e. The number of hydrogen-bond donors (Lipinski definition) is 1. The molecule has 0 radical (unpaired) electrons. The summed E-state index contributed by atoms with van der Waals surface area (Å²) in [5.74, 6) is 0.00504. The van der Waals surface area contributed by atoms with Crippen molar-refractivity contribution in [1.29, 1.82) is 0 Å². The van der Waals surface area contributed by atoms with Crippen LogP contribution in [0.3, 0.4) is 0 Å². The molecule has 1 N–H and O–H groups in total. The molecule has 2 fully saturated rings. The Labute approximate surface area is 188 Å². The first-order chi connectivity index (χ1) is 15.4. The minimum absolute atomic E-state index is 0.0117. The van der Waals surface area contributed by atoms with E-state index in [0.717, 1.165) is 12.0 Å². The zero-order valence-electron chi connectivity index (χ0n) is 18.5. The molecular weight excluding hydrogens is 406 g/mol. The average Bonchev–Trinajstić information content (AvgIpc) is 3.43. The first kappa shape index (κ1) is 21.9. The van der Waals surface area contributed by atoms with E-state index in [4.69, 9.17) is 4.74 Å². The monoisotopic (exact) mass is 435 g/mol. The molecule has 0 aromatic heterocycles. The lowest BCUT2D eigenvalue weighted by atomic mass is 10.1. The van der Waals surface area contributed by atoms with E-state index in [2.05, 4.69) is 5.32 Å². The van der Waals surface area contributed by atoms with E-state index in [0.29, 0.717) is 37.5 Å². The summed E-state index contributed by atoms with van der Waals surface area (Å²) in [7, 11) is 1.59. The molecule has 2 atom stereocenters. The Morgan fingerprint density at radius 1 is 1.09 bits per heavy atom. The number of likely N-dealkylation sites (tertiary alicyclic amines) is 2. The number of aryl methyl sites for hydroxylation is 1. The molecule has 2 saturated heterocycles. The average molecular weight is 436 g/mol. The molecule has 2 aromatic carbocycles. The third-order valence-electron chi connectivity index (χ3n) is 6.25. The molecule has 3 amide bonds. The normalized spacial score (nSPS) is 20.5. The second-order valence-corrected chi connectivity index (χ2v) is 8.57. The molecule has 0 spiro atoms. The second kappa shape index (κ2) is 9.42. The standard InChI is InChI=1S/C25H29N3O4/c1-17-5-7-18(8-6-17)15-27-16-19(14-23(27)29)25(31)28-13-3-4-22(28)24(30)26-20-9-11-21(32-2)12-10-20/h5-12,19,22H,3-4,13-16H2,1-2H3,(H,26,30). The molecule has 2 aliphatic heterocycles. The van der Waals surface area contributed by atoms with Crippen molar-refractivity contribution in [2.24, 2.45) is 5.92 Å². The molecule has 2 aliphatic rings. The number of carbonyl (C=O) groups is 3. The Morgan fingerprint density at radius 2 is 1.81 bits per heavy atom. The Morgan fingerprint density at radius 3 is 2.50 bits per heavy atom. The molecule has 168 valence electrons. The zero-order chi connectivity index (χ0) is 22.7. The maximum absolute atomic E-state index is 13.2. The quantitative estimate of drug-likeness (QED) is 0.757. The summed E-state index contributed by atoms with van der Waals surface area (Å²) >= 11 is 0. The van der Waals surface area contributed by atoms with Crippen LogP contribution in [0, 0.1) is 12.8 Å². The lowest BCUT2D eigenvalue weighted by Crippen LogP contribution is -2.46. The number of hydrogen-bond acceptors (Lipinski definition) is 4. The van der Waals surface area contributed by atoms with E-state index in [1.165, 1.54) is 5.56 Å². The Bertz CT molecular complexity index is 987. The summed E-state index contributed by atoms with van der Waals surface area (Å²) in [5.41, 5.74) is 2.88. The highest BCUT2D eigenvalue weighted by Crippen LogP contribution is 2.27. The van der Waals surface area contributed by atoms with Crippen molar-refractivity contribution in [2.75, 3.05) is 25.5 Å². The number of anilines is 1. The Balaban J connectivity index is 1.37. The SMILES string of the molecule is COc1ccc(NC(=O)C2CCCN2C(=O)C2CC(=O)N(Cc3ccc(C)cc3)C2)cc1. The van der Waals surface area contributed by atoms with Crippen LogP contribution in [0.15, 0.2) is 48.5 Å². The van der Waals surface area contributed by atoms with Gasteiger partial charge in [0.15, 0.2) is 0 Å². The van der Waals surface area contributed by atoms with Crippen LogP contribution in [0.1, 0.15) is 30.4 Å². The Kier molecular flexibility index (Phi) is 6.44. The molecule has 32 heavy (non-hydrogen) atoms. The van der Waals surface area contributed by atoms with E-state index in [1.807, 2.05) is 31.2 Å². The topological polar surface area (TPSA) is 79.0 Å². The second-order valence-electron chi connectivity index (χ2n) is 8.57. The summed E-state index contributed by atoms with van der Waals surface area (Å²) in [4.78, 5) is 42.1. The molecule has 4 rings (SSSR count). The number of amides is 3. The maximum atomic E-state index is 13.2. The van der Waals surface area contributed by atoms with Crippen LogP contribution in [0.4, 0.5) is 5.69 Å². The number of methoxy groups -OCH3 is 1. The summed E-state index contributed by atoms with van der Waals surface area (Å²) in [6, 6.07) is 14.7. The molecule has 2 heterocycles. The number of rotatable bonds is 6. The van der Waals surface area contributed by atoms with Crippen LogP contribution < -0.4 is 10.1 Å². The minimum atomic E-state index is -0.508. The van der Waals surface area contributed by atoms with Crippen molar-refractivity contribution in [3.8, 4) is 5.75 Å². The van der Waals surface area contributed by atoms with Gasteiger partial charge in [0.2, 0.25) is 17.7 Å². The predicted molar refractivity (Wildman–Crippen MR) is 121 cm³/mol. The van der Waals surface area contributed by atoms with Crippen LogP contribution in [-0.2, 0) is 20.9 Å². The number of carbonyl (C=O) groups excluding carboxylic acids is 3. The van der Waals surface area contributed by atoms with Crippen LogP contribution in [0.5, 0.6) is 5.75 Å². The van der Waals surface area contributed by atoms with E-state index in [9.17, 15) is 14.4 Å². The van der Waals surface area contributed by atoms with Crippen molar-refractivity contribution in [3.63, 3.8) is 0 Å². The van der Waals surface area contributed by atoms with Gasteiger partial charge < -0.3 is 19.9 Å². The number of nitrogens with one attached hydrogen (secondary N) is 1. The molecule has 0 aliphatic carbocycles. The largest absolute Gasteiger partial charge is 0.497 e. The molecule has 7 nitrogen and oxygen atoms in total. The van der Waals surface area contributed by atoms with Gasteiger partial charge in [-0.25, -0.2) is 0 Å². The Hall–Kier alpha value is -3.35. The fraction of sp³-hybridized carbons (Fsp3) is 0.400. The van der Waals surface area contributed by atoms with Gasteiger partial charge in [-0.2, -0.15) is 0 Å². The fourth-order valence-electron chi connectivity index (χ4n) is 4.44. The van der Waals surface area contributed by atoms with Crippen LogP contribution >= 0.6 is 0 Å². The number of nitrogens with zero attached hydrogens (tertiary/aromatic N) is 2. The van der Waals surface area contributed by atoms with Crippen molar-refractivity contribution >= 4 is 23.4 Å². The van der Waals surface area contributed by atoms with Crippen molar-refractivity contribution in [2.45, 2.75) is 38.8 Å². The third-order valence-corrected chi connectivity index (χ3v) is 6.25. The van der Waals surface area contributed by atoms with Crippen molar-refractivity contribution < 1.29 is 19.1 Å². The molecule has 0 bridgehead atoms. The van der Waals surface area contributed by atoms with Crippen LogP contribution in [0.2, 0.25) is 0 Å². The van der Waals surface area contributed by atoms with E-state index < -0.39 is 12.0 Å². The highest BCUT2D eigenvalue weighted by atomic mass is 16.5. The third kappa shape index (κ3) is 4.77. The van der Waals surface area contributed by atoms with Gasteiger partial charge in [0.1, 0.15) is 11.8 Å². The van der Waals surface area contributed by atoms with Gasteiger partial charge in [0, 0.05) is 31.7 Å². The summed E-state index contributed by atoms with van der Waals surface area (Å²) < 4.78 is 5.14. The molecule has 2 unspecified atom stereocenters. The van der Waals surface area contributed by atoms with Crippen molar-refractivity contribution in [3.05, 3.63) is 59.7 Å². The smallest absolute Gasteiger partial charge is 0.247 e. The van der Waals surface area contributed by atoms with Crippen LogP contribution in [-0.4, -0.2) is 53.8 Å². The van der Waals surface area contributed by atoms with Crippen LogP contribution in [0.25, 0.3) is 0 Å². The van der Waals surface area contributed by atoms with E-state index in [-0.39, 0.29) is 24.1 Å². The molecule has 0 saturated carbocycles. The molecular formula is C25H29N3O4. The summed E-state index contributed by atoms with van der Waals surface area (Å²) in [5, 5.41) is 2.90. The first-order valence-corrected chi connectivity index (χ1v) is 11.0. The maximum Gasteiger partial charge on any atom is 0.247 e. The lowest BCUT2D eigenvalue weighted by Gasteiger charge is -2.26. The van der Waals surface area contributed by atoms with Crippen molar-refractivity contribution in [1.82, 2.24) is 9.80 Å². The van der Waals surface area contributed by atoms with Gasteiger partial charge in [-0.1, -0.05) is 29.8 Å². The summed E-state index contributed by atoms with van der Waals surface area (Å²) in [6.07, 6.45) is 1.61. The highest BCUT2D eigenvalue weighted by molar-refractivity contribution is 5.98. The van der Waals surface area contributed by atoms with E-state index >= 15 is 0 Å². The van der Waals surface area contributed by atoms with Gasteiger partial charge >= 0.3 is 0 Å². The summed E-state index contributed by atoms with van der Waals surface area (Å²) in [6.45, 7) is 3.47. The highest BCUT2D eigenvalue weighted by Gasteiger charge is 2.41. The zero-order valence-corrected chi connectivity index (χ0v) is 18.5. The van der Waals surface area contributed by atoms with Gasteiger partial charge in [0.05, 0.1) is 13.0 Å².